The Morgan fingerprint density at radius 1 is 1.14 bits per heavy atom. The first-order valence-electron chi connectivity index (χ1n) is 11.4. The first-order chi connectivity index (χ1) is 16.7. The molecule has 4 rings (SSSR count). The zero-order valence-corrected chi connectivity index (χ0v) is 20.9. The molecule has 1 amide bonds. The Morgan fingerprint density at radius 2 is 1.89 bits per heavy atom. The monoisotopic (exact) mass is 493 g/mol. The van der Waals surface area contributed by atoms with Crippen LogP contribution in [-0.2, 0) is 14.9 Å². The SMILES string of the molecule is CCOC(=O)C1CN(c2ncccc2Cl)c2cccc(C(=O)Nc3ccc(C(C)(C)C)cc3)c2O1. The molecule has 1 N–H and O–H groups in total. The van der Waals surface area contributed by atoms with Crippen molar-refractivity contribution in [1.82, 2.24) is 4.98 Å². The lowest BCUT2D eigenvalue weighted by molar-refractivity contribution is -0.151. The van der Waals surface area contributed by atoms with Crippen LogP contribution < -0.4 is 15.0 Å². The second-order valence-electron chi connectivity index (χ2n) is 9.21. The molecule has 0 saturated carbocycles. The van der Waals surface area contributed by atoms with Crippen LogP contribution in [0.4, 0.5) is 17.2 Å². The number of nitrogens with one attached hydrogen (secondary N) is 1. The number of hydrogen-bond acceptors (Lipinski definition) is 6. The van der Waals surface area contributed by atoms with E-state index < -0.39 is 12.1 Å². The molecule has 1 aliphatic rings. The number of halogens is 1. The Balaban J connectivity index is 1.70. The average Bonchev–Trinajstić information content (AvgIpc) is 2.83. The number of ether oxygens (including phenoxy) is 2. The number of hydrogen-bond donors (Lipinski definition) is 1. The molecule has 0 radical (unpaired) electrons. The third-order valence-corrected chi connectivity index (χ3v) is 5.99. The minimum Gasteiger partial charge on any atom is -0.474 e. The summed E-state index contributed by atoms with van der Waals surface area (Å²) in [4.78, 5) is 32.1. The van der Waals surface area contributed by atoms with Crippen molar-refractivity contribution in [3.8, 4) is 5.75 Å². The minimum atomic E-state index is -0.958. The first-order valence-corrected chi connectivity index (χ1v) is 11.8. The molecule has 1 atom stereocenters. The van der Waals surface area contributed by atoms with Crippen LogP contribution in [0, 0.1) is 0 Å². The molecule has 1 unspecified atom stereocenters. The van der Waals surface area contributed by atoms with Crippen LogP contribution in [0.5, 0.6) is 5.75 Å². The molecule has 2 aromatic carbocycles. The number of pyridine rings is 1. The van der Waals surface area contributed by atoms with Crippen molar-refractivity contribution in [2.75, 3.05) is 23.4 Å². The van der Waals surface area contributed by atoms with Gasteiger partial charge in [0.1, 0.15) is 0 Å². The summed E-state index contributed by atoms with van der Waals surface area (Å²) in [6.07, 6.45) is 0.661. The van der Waals surface area contributed by atoms with Crippen LogP contribution in [0.25, 0.3) is 0 Å². The topological polar surface area (TPSA) is 80.8 Å². The number of para-hydroxylation sites is 1. The number of fused-ring (bicyclic) bond motifs is 1. The van der Waals surface area contributed by atoms with Crippen molar-refractivity contribution in [2.24, 2.45) is 0 Å². The number of amides is 1. The number of esters is 1. The summed E-state index contributed by atoms with van der Waals surface area (Å²) in [5, 5.41) is 3.34. The van der Waals surface area contributed by atoms with Gasteiger partial charge in [-0.15, -0.1) is 0 Å². The van der Waals surface area contributed by atoms with E-state index in [9.17, 15) is 9.59 Å². The largest absolute Gasteiger partial charge is 0.474 e. The third-order valence-electron chi connectivity index (χ3n) is 5.69. The van der Waals surface area contributed by atoms with Crippen LogP contribution in [0.2, 0.25) is 5.02 Å². The zero-order valence-electron chi connectivity index (χ0n) is 20.2. The van der Waals surface area contributed by atoms with E-state index in [1.807, 2.05) is 24.3 Å². The summed E-state index contributed by atoms with van der Waals surface area (Å²) < 4.78 is 11.2. The molecule has 0 fully saturated rings. The summed E-state index contributed by atoms with van der Waals surface area (Å²) in [7, 11) is 0. The average molecular weight is 494 g/mol. The summed E-state index contributed by atoms with van der Waals surface area (Å²) in [5.74, 6) is -0.157. The molecule has 2 heterocycles. The summed E-state index contributed by atoms with van der Waals surface area (Å²) in [6, 6.07) is 16.4. The quantitative estimate of drug-likeness (QED) is 0.456. The predicted molar refractivity (Wildman–Crippen MR) is 137 cm³/mol. The molecule has 7 nitrogen and oxygen atoms in total. The standard InChI is InChI=1S/C27H28ClN3O4/c1-5-34-26(33)22-16-31(24-20(28)9-7-15-29-24)21-10-6-8-19(23(21)35-22)25(32)30-18-13-11-17(12-14-18)27(2,3)4/h6-15,22H,5,16H2,1-4H3,(H,30,32). The second kappa shape index (κ2) is 9.96. The normalized spacial score (nSPS) is 15.1. The Bertz CT molecular complexity index is 1240. The number of rotatable bonds is 5. The van der Waals surface area contributed by atoms with Crippen molar-refractivity contribution < 1.29 is 19.1 Å². The first kappa shape index (κ1) is 24.5. The number of benzene rings is 2. The lowest BCUT2D eigenvalue weighted by atomic mass is 9.87. The van der Waals surface area contributed by atoms with Gasteiger partial charge in [0, 0.05) is 11.9 Å². The van der Waals surface area contributed by atoms with E-state index in [0.29, 0.717) is 22.2 Å². The van der Waals surface area contributed by atoms with Crippen molar-refractivity contribution in [2.45, 2.75) is 39.2 Å². The van der Waals surface area contributed by atoms with Gasteiger partial charge in [-0.3, -0.25) is 4.79 Å². The summed E-state index contributed by atoms with van der Waals surface area (Å²) in [6.45, 7) is 8.48. The summed E-state index contributed by atoms with van der Waals surface area (Å²) in [5.41, 5.74) is 2.70. The van der Waals surface area contributed by atoms with E-state index in [1.165, 1.54) is 0 Å². The fraction of sp³-hybridized carbons (Fsp3) is 0.296. The molecule has 35 heavy (non-hydrogen) atoms. The highest BCUT2D eigenvalue weighted by Gasteiger charge is 2.36. The van der Waals surface area contributed by atoms with Crippen molar-refractivity contribution in [3.05, 3.63) is 76.9 Å². The van der Waals surface area contributed by atoms with Gasteiger partial charge in [0.2, 0.25) is 6.10 Å². The minimum absolute atomic E-state index is 0.00714. The van der Waals surface area contributed by atoms with Crippen molar-refractivity contribution >= 4 is 40.7 Å². The Hall–Kier alpha value is -3.58. The fourth-order valence-electron chi connectivity index (χ4n) is 3.87. The number of nitrogens with zero attached hydrogens (tertiary/aromatic N) is 2. The van der Waals surface area contributed by atoms with Crippen molar-refractivity contribution in [1.29, 1.82) is 0 Å². The molecule has 1 aliphatic heterocycles. The van der Waals surface area contributed by atoms with E-state index in [4.69, 9.17) is 21.1 Å². The highest BCUT2D eigenvalue weighted by atomic mass is 35.5. The molecule has 0 aliphatic carbocycles. The van der Waals surface area contributed by atoms with Gasteiger partial charge >= 0.3 is 5.97 Å². The molecule has 0 bridgehead atoms. The van der Waals surface area contributed by atoms with Gasteiger partial charge in [-0.05, 0) is 54.3 Å². The van der Waals surface area contributed by atoms with Crippen LogP contribution in [0.15, 0.2) is 60.8 Å². The van der Waals surface area contributed by atoms with E-state index in [-0.39, 0.29) is 35.8 Å². The van der Waals surface area contributed by atoms with Crippen LogP contribution >= 0.6 is 11.6 Å². The molecule has 1 aromatic heterocycles. The molecular weight excluding hydrogens is 466 g/mol. The lowest BCUT2D eigenvalue weighted by Crippen LogP contribution is -2.44. The van der Waals surface area contributed by atoms with Gasteiger partial charge in [-0.25, -0.2) is 9.78 Å². The summed E-state index contributed by atoms with van der Waals surface area (Å²) >= 11 is 6.43. The van der Waals surface area contributed by atoms with E-state index in [2.05, 4.69) is 31.1 Å². The maximum absolute atomic E-state index is 13.3. The van der Waals surface area contributed by atoms with Gasteiger partial charge in [-0.1, -0.05) is 50.6 Å². The lowest BCUT2D eigenvalue weighted by Gasteiger charge is -2.35. The molecule has 0 saturated heterocycles. The Labute approximate surface area is 210 Å². The van der Waals surface area contributed by atoms with E-state index in [1.54, 1.807) is 48.4 Å². The Morgan fingerprint density at radius 3 is 2.54 bits per heavy atom. The third kappa shape index (κ3) is 5.25. The molecule has 182 valence electrons. The number of carbonyl (C=O) groups is 2. The molecule has 3 aromatic rings. The van der Waals surface area contributed by atoms with E-state index in [0.717, 1.165) is 5.56 Å². The molecule has 0 spiro atoms. The van der Waals surface area contributed by atoms with Crippen molar-refractivity contribution in [3.63, 3.8) is 0 Å². The van der Waals surface area contributed by atoms with Gasteiger partial charge in [0.25, 0.3) is 5.91 Å². The maximum atomic E-state index is 13.3. The zero-order chi connectivity index (χ0) is 25.2. The maximum Gasteiger partial charge on any atom is 0.349 e. The Kier molecular flexibility index (Phi) is 6.98. The highest BCUT2D eigenvalue weighted by Crippen LogP contribution is 2.42. The van der Waals surface area contributed by atoms with E-state index >= 15 is 0 Å². The van der Waals surface area contributed by atoms with Gasteiger partial charge < -0.3 is 19.7 Å². The fourth-order valence-corrected chi connectivity index (χ4v) is 4.09. The smallest absolute Gasteiger partial charge is 0.349 e. The van der Waals surface area contributed by atoms with Crippen LogP contribution in [0.3, 0.4) is 0 Å². The molecule has 8 heteroatoms. The van der Waals surface area contributed by atoms with Gasteiger partial charge in [0.15, 0.2) is 11.6 Å². The van der Waals surface area contributed by atoms with Gasteiger partial charge in [0.05, 0.1) is 29.4 Å². The number of carbonyl (C=O) groups excluding carboxylic acids is 2. The highest BCUT2D eigenvalue weighted by molar-refractivity contribution is 6.33. The van der Waals surface area contributed by atoms with Crippen LogP contribution in [-0.4, -0.2) is 36.1 Å². The number of aromatic nitrogens is 1. The van der Waals surface area contributed by atoms with Crippen LogP contribution in [0.1, 0.15) is 43.6 Å². The second-order valence-corrected chi connectivity index (χ2v) is 9.62. The molecular formula is C27H28ClN3O4. The number of anilines is 3. The predicted octanol–water partition coefficient (Wildman–Crippen LogP) is 5.75. The van der Waals surface area contributed by atoms with Gasteiger partial charge in [-0.2, -0.15) is 0 Å².